The number of furan rings is 1. The summed E-state index contributed by atoms with van der Waals surface area (Å²) in [6.45, 7) is 0. The quantitative estimate of drug-likeness (QED) is 0.259. The molecule has 0 unspecified atom stereocenters. The van der Waals surface area contributed by atoms with Crippen LogP contribution in [0.15, 0.2) is 144 Å². The topological polar surface area (TPSA) is 16.4 Å². The lowest BCUT2D eigenvalue weighted by Crippen LogP contribution is -2.10. The Morgan fingerprint density at radius 1 is 0.444 bits per heavy atom. The third-order valence-corrected chi connectivity index (χ3v) is 6.86. The molecule has 2 heteroatoms. The summed E-state index contributed by atoms with van der Waals surface area (Å²) in [6, 6.07) is 49.0. The van der Waals surface area contributed by atoms with Gasteiger partial charge in [0.2, 0.25) is 0 Å². The van der Waals surface area contributed by atoms with Gasteiger partial charge in [0.15, 0.2) is 0 Å². The summed E-state index contributed by atoms with van der Waals surface area (Å²) < 4.78 is 6.29. The molecule has 0 saturated heterocycles. The van der Waals surface area contributed by atoms with E-state index in [9.17, 15) is 0 Å². The van der Waals surface area contributed by atoms with E-state index >= 15 is 0 Å². The van der Waals surface area contributed by atoms with Gasteiger partial charge in [-0.3, -0.25) is 0 Å². The molecule has 1 aromatic heterocycles. The summed E-state index contributed by atoms with van der Waals surface area (Å²) in [5.74, 6) is 0. The molecule has 0 saturated carbocycles. The highest BCUT2D eigenvalue weighted by Crippen LogP contribution is 2.40. The molecule has 36 heavy (non-hydrogen) atoms. The molecule has 0 N–H and O–H groups in total. The predicted octanol–water partition coefficient (Wildman–Crippen LogP) is 9.88. The fraction of sp³-hybridized carbons (Fsp3) is 0. The molecule has 7 rings (SSSR count). The smallest absolute Gasteiger partial charge is 0.143 e. The highest BCUT2D eigenvalue weighted by atomic mass is 16.3. The van der Waals surface area contributed by atoms with Gasteiger partial charge in [-0.1, -0.05) is 103 Å². The molecule has 0 spiro atoms. The van der Waals surface area contributed by atoms with Crippen molar-refractivity contribution in [3.05, 3.63) is 140 Å². The van der Waals surface area contributed by atoms with Crippen molar-refractivity contribution in [3.8, 4) is 11.1 Å². The van der Waals surface area contributed by atoms with Crippen molar-refractivity contribution >= 4 is 49.8 Å². The second kappa shape index (κ2) is 8.44. The lowest BCUT2D eigenvalue weighted by molar-refractivity contribution is 0.670. The van der Waals surface area contributed by atoms with Gasteiger partial charge in [0.25, 0.3) is 0 Å². The average Bonchev–Trinajstić information content (AvgIpc) is 3.33. The van der Waals surface area contributed by atoms with Crippen LogP contribution in [0.5, 0.6) is 0 Å². The third kappa shape index (κ3) is 3.35. The molecule has 0 aliphatic carbocycles. The van der Waals surface area contributed by atoms with Gasteiger partial charge in [-0.2, -0.15) is 0 Å². The highest BCUT2D eigenvalue weighted by Gasteiger charge is 2.16. The molecule has 0 atom stereocenters. The van der Waals surface area contributed by atoms with Gasteiger partial charge in [0, 0.05) is 33.1 Å². The highest BCUT2D eigenvalue weighted by molar-refractivity contribution is 6.09. The Labute approximate surface area is 209 Å². The first-order valence-corrected chi connectivity index (χ1v) is 12.2. The maximum absolute atomic E-state index is 6.29. The zero-order valence-corrected chi connectivity index (χ0v) is 19.6. The first-order chi connectivity index (χ1) is 17.9. The SMILES string of the molecule is c1ccc(N(c2ccc(-c3cccc4c3oc3ccccc34)cc2)c2cccc3ccccc23)cc1. The van der Waals surface area contributed by atoms with E-state index in [2.05, 4.69) is 132 Å². The minimum atomic E-state index is 0.919. The molecular formula is C34H23NO. The van der Waals surface area contributed by atoms with Gasteiger partial charge in [-0.25, -0.2) is 0 Å². The minimum Gasteiger partial charge on any atom is -0.455 e. The molecule has 0 bridgehead atoms. The van der Waals surface area contributed by atoms with E-state index in [-0.39, 0.29) is 0 Å². The van der Waals surface area contributed by atoms with E-state index in [0.717, 1.165) is 50.1 Å². The van der Waals surface area contributed by atoms with Gasteiger partial charge in [0.05, 0.1) is 5.69 Å². The van der Waals surface area contributed by atoms with E-state index in [4.69, 9.17) is 4.42 Å². The van der Waals surface area contributed by atoms with Crippen LogP contribution in [0.2, 0.25) is 0 Å². The molecule has 0 radical (unpaired) electrons. The van der Waals surface area contributed by atoms with Gasteiger partial charge < -0.3 is 9.32 Å². The maximum Gasteiger partial charge on any atom is 0.143 e. The van der Waals surface area contributed by atoms with Crippen LogP contribution in [0.25, 0.3) is 43.8 Å². The van der Waals surface area contributed by atoms with Crippen LogP contribution in [0.1, 0.15) is 0 Å². The molecule has 0 amide bonds. The van der Waals surface area contributed by atoms with Crippen molar-refractivity contribution in [1.82, 2.24) is 0 Å². The summed E-state index contributed by atoms with van der Waals surface area (Å²) >= 11 is 0. The molecule has 7 aromatic rings. The molecule has 0 aliphatic rings. The normalized spacial score (nSPS) is 11.3. The third-order valence-electron chi connectivity index (χ3n) is 6.86. The molecule has 6 aromatic carbocycles. The number of nitrogens with zero attached hydrogens (tertiary/aromatic N) is 1. The Morgan fingerprint density at radius 2 is 1.08 bits per heavy atom. The number of hydrogen-bond donors (Lipinski definition) is 0. The van der Waals surface area contributed by atoms with Crippen LogP contribution in [0, 0.1) is 0 Å². The lowest BCUT2D eigenvalue weighted by atomic mass is 10.0. The zero-order chi connectivity index (χ0) is 23.9. The van der Waals surface area contributed by atoms with E-state index in [1.165, 1.54) is 10.8 Å². The van der Waals surface area contributed by atoms with Crippen molar-refractivity contribution in [2.24, 2.45) is 0 Å². The van der Waals surface area contributed by atoms with Crippen LogP contribution >= 0.6 is 0 Å². The Kier molecular flexibility index (Phi) is 4.82. The van der Waals surface area contributed by atoms with Crippen molar-refractivity contribution < 1.29 is 4.42 Å². The number of anilines is 3. The summed E-state index contributed by atoms with van der Waals surface area (Å²) in [6.07, 6.45) is 0. The van der Waals surface area contributed by atoms with Crippen molar-refractivity contribution in [3.63, 3.8) is 0 Å². The number of rotatable bonds is 4. The fourth-order valence-corrected chi connectivity index (χ4v) is 5.17. The zero-order valence-electron chi connectivity index (χ0n) is 19.6. The lowest BCUT2D eigenvalue weighted by Gasteiger charge is -2.27. The monoisotopic (exact) mass is 461 g/mol. The van der Waals surface area contributed by atoms with E-state index in [1.54, 1.807) is 0 Å². The second-order valence-corrected chi connectivity index (χ2v) is 9.00. The van der Waals surface area contributed by atoms with Crippen LogP contribution in [0.3, 0.4) is 0 Å². The number of benzene rings is 6. The molecule has 170 valence electrons. The Morgan fingerprint density at radius 3 is 1.94 bits per heavy atom. The van der Waals surface area contributed by atoms with E-state index in [0.29, 0.717) is 0 Å². The molecule has 1 heterocycles. The molecular weight excluding hydrogens is 438 g/mol. The van der Waals surface area contributed by atoms with Crippen LogP contribution in [-0.2, 0) is 0 Å². The number of hydrogen-bond acceptors (Lipinski definition) is 2. The van der Waals surface area contributed by atoms with Crippen molar-refractivity contribution in [1.29, 1.82) is 0 Å². The standard InChI is InChI=1S/C34H23NO/c1-2-12-26(13-3-1)35(32-18-8-11-24-10-4-5-14-28(24)32)27-22-20-25(21-23-27)29-16-9-17-31-30-15-6-7-19-33(30)36-34(29)31/h1-23H. The van der Waals surface area contributed by atoms with E-state index < -0.39 is 0 Å². The minimum absolute atomic E-state index is 0.919. The van der Waals surface area contributed by atoms with Gasteiger partial charge in [-0.15, -0.1) is 0 Å². The molecule has 0 fully saturated rings. The summed E-state index contributed by atoms with van der Waals surface area (Å²) in [7, 11) is 0. The Bertz CT molecular complexity index is 1830. The van der Waals surface area contributed by atoms with Crippen molar-refractivity contribution in [2.45, 2.75) is 0 Å². The Balaban J connectivity index is 1.37. The summed E-state index contributed by atoms with van der Waals surface area (Å²) in [4.78, 5) is 2.33. The summed E-state index contributed by atoms with van der Waals surface area (Å²) in [5, 5.41) is 4.75. The van der Waals surface area contributed by atoms with E-state index in [1.807, 2.05) is 12.1 Å². The van der Waals surface area contributed by atoms with Crippen LogP contribution in [0.4, 0.5) is 17.1 Å². The van der Waals surface area contributed by atoms with Gasteiger partial charge in [-0.05, 0) is 47.3 Å². The first kappa shape index (κ1) is 20.5. The first-order valence-electron chi connectivity index (χ1n) is 12.2. The summed E-state index contributed by atoms with van der Waals surface area (Å²) in [5.41, 5.74) is 7.48. The van der Waals surface area contributed by atoms with Crippen LogP contribution in [-0.4, -0.2) is 0 Å². The van der Waals surface area contributed by atoms with Gasteiger partial charge in [0.1, 0.15) is 11.2 Å². The molecule has 0 aliphatic heterocycles. The van der Waals surface area contributed by atoms with Crippen molar-refractivity contribution in [2.75, 3.05) is 4.90 Å². The number of para-hydroxylation sites is 3. The number of fused-ring (bicyclic) bond motifs is 4. The van der Waals surface area contributed by atoms with Crippen LogP contribution < -0.4 is 4.90 Å². The Hall–Kier alpha value is -4.82. The largest absolute Gasteiger partial charge is 0.455 e. The average molecular weight is 462 g/mol. The second-order valence-electron chi connectivity index (χ2n) is 9.00. The molecule has 2 nitrogen and oxygen atoms in total. The predicted molar refractivity (Wildman–Crippen MR) is 151 cm³/mol. The maximum atomic E-state index is 6.29. The fourth-order valence-electron chi connectivity index (χ4n) is 5.17. The van der Waals surface area contributed by atoms with Gasteiger partial charge >= 0.3 is 0 Å².